The highest BCUT2D eigenvalue weighted by Gasteiger charge is 2.30. The predicted octanol–water partition coefficient (Wildman–Crippen LogP) is 2.48. The fourth-order valence-corrected chi connectivity index (χ4v) is 5.44. The third-order valence-electron chi connectivity index (χ3n) is 5.63. The zero-order valence-electron chi connectivity index (χ0n) is 16.4. The van der Waals surface area contributed by atoms with E-state index in [2.05, 4.69) is 0 Å². The molecule has 1 aliphatic heterocycles. The van der Waals surface area contributed by atoms with Gasteiger partial charge in [-0.15, -0.1) is 0 Å². The summed E-state index contributed by atoms with van der Waals surface area (Å²) in [6, 6.07) is 14.9. The highest BCUT2D eigenvalue weighted by Crippen LogP contribution is 2.26. The SMILES string of the molecule is O=C(CCOc1ccccc1)N1CCN(S(=O)(=O)c2ccc3c(c2)CCC3)CC1. The number of aryl methyl sites for hydroxylation is 2. The van der Waals surface area contributed by atoms with Crippen LogP contribution in [0.1, 0.15) is 24.0 Å². The molecule has 0 aromatic heterocycles. The number of amides is 1. The van der Waals surface area contributed by atoms with Crippen molar-refractivity contribution in [2.24, 2.45) is 0 Å². The summed E-state index contributed by atoms with van der Waals surface area (Å²) < 4.78 is 33.1. The van der Waals surface area contributed by atoms with E-state index >= 15 is 0 Å². The summed E-state index contributed by atoms with van der Waals surface area (Å²) in [7, 11) is -3.52. The van der Waals surface area contributed by atoms with Gasteiger partial charge in [-0.05, 0) is 54.7 Å². The summed E-state index contributed by atoms with van der Waals surface area (Å²) >= 11 is 0. The van der Waals surface area contributed by atoms with E-state index in [1.165, 1.54) is 9.87 Å². The van der Waals surface area contributed by atoms with Gasteiger partial charge in [0.2, 0.25) is 15.9 Å². The molecule has 0 radical (unpaired) electrons. The number of fused-ring (bicyclic) bond motifs is 1. The molecule has 1 amide bonds. The van der Waals surface area contributed by atoms with Crippen LogP contribution < -0.4 is 4.74 Å². The molecule has 2 aliphatic rings. The van der Waals surface area contributed by atoms with Crippen LogP contribution in [0.25, 0.3) is 0 Å². The largest absolute Gasteiger partial charge is 0.493 e. The van der Waals surface area contributed by atoms with E-state index in [0.717, 1.165) is 30.6 Å². The Hall–Kier alpha value is -2.38. The molecule has 0 spiro atoms. The summed E-state index contributed by atoms with van der Waals surface area (Å²) in [6.07, 6.45) is 3.36. The van der Waals surface area contributed by atoms with Crippen molar-refractivity contribution in [2.75, 3.05) is 32.8 Å². The first-order valence-electron chi connectivity index (χ1n) is 10.1. The van der Waals surface area contributed by atoms with Crippen LogP contribution in [0, 0.1) is 0 Å². The maximum atomic E-state index is 13.0. The van der Waals surface area contributed by atoms with E-state index in [9.17, 15) is 13.2 Å². The van der Waals surface area contributed by atoms with Gasteiger partial charge in [0.15, 0.2) is 0 Å². The van der Waals surface area contributed by atoms with E-state index in [-0.39, 0.29) is 12.3 Å². The minimum Gasteiger partial charge on any atom is -0.493 e. The highest BCUT2D eigenvalue weighted by atomic mass is 32.2. The monoisotopic (exact) mass is 414 g/mol. The summed E-state index contributed by atoms with van der Waals surface area (Å²) in [5.41, 5.74) is 2.41. The van der Waals surface area contributed by atoms with E-state index in [1.807, 2.05) is 42.5 Å². The van der Waals surface area contributed by atoms with Crippen LogP contribution in [-0.2, 0) is 27.7 Å². The lowest BCUT2D eigenvalue weighted by Gasteiger charge is -2.34. The van der Waals surface area contributed by atoms with Crippen molar-refractivity contribution in [1.29, 1.82) is 0 Å². The Kier molecular flexibility index (Phi) is 5.87. The van der Waals surface area contributed by atoms with Crippen molar-refractivity contribution in [3.63, 3.8) is 0 Å². The molecule has 0 saturated carbocycles. The van der Waals surface area contributed by atoms with Crippen LogP contribution in [0.2, 0.25) is 0 Å². The maximum Gasteiger partial charge on any atom is 0.243 e. The van der Waals surface area contributed by atoms with Crippen LogP contribution >= 0.6 is 0 Å². The molecule has 4 rings (SSSR count). The first kappa shape index (κ1) is 19.9. The van der Waals surface area contributed by atoms with Crippen molar-refractivity contribution in [1.82, 2.24) is 9.21 Å². The second kappa shape index (κ2) is 8.55. The molecule has 2 aromatic carbocycles. The predicted molar refractivity (Wildman–Crippen MR) is 110 cm³/mol. The van der Waals surface area contributed by atoms with Gasteiger partial charge in [-0.2, -0.15) is 4.31 Å². The molecule has 0 unspecified atom stereocenters. The van der Waals surface area contributed by atoms with Crippen molar-refractivity contribution < 1.29 is 17.9 Å². The molecule has 0 N–H and O–H groups in total. The van der Waals surface area contributed by atoms with Gasteiger partial charge in [-0.25, -0.2) is 8.42 Å². The van der Waals surface area contributed by atoms with Crippen LogP contribution in [-0.4, -0.2) is 56.3 Å². The molecule has 7 heteroatoms. The summed E-state index contributed by atoms with van der Waals surface area (Å²) in [5, 5.41) is 0. The summed E-state index contributed by atoms with van der Waals surface area (Å²) in [5.74, 6) is 0.737. The molecular formula is C22H26N2O4S. The van der Waals surface area contributed by atoms with Crippen LogP contribution in [0.4, 0.5) is 0 Å². The number of ether oxygens (including phenoxy) is 1. The topological polar surface area (TPSA) is 66.9 Å². The fourth-order valence-electron chi connectivity index (χ4n) is 3.97. The molecule has 1 saturated heterocycles. The number of benzene rings is 2. The van der Waals surface area contributed by atoms with Crippen molar-refractivity contribution in [3.05, 3.63) is 59.7 Å². The Morgan fingerprint density at radius 3 is 2.41 bits per heavy atom. The first-order valence-corrected chi connectivity index (χ1v) is 11.6. The Bertz CT molecular complexity index is 968. The third kappa shape index (κ3) is 4.46. The number of carbonyl (C=O) groups is 1. The van der Waals surface area contributed by atoms with Gasteiger partial charge in [0, 0.05) is 26.2 Å². The van der Waals surface area contributed by atoms with Gasteiger partial charge in [-0.3, -0.25) is 4.79 Å². The maximum absolute atomic E-state index is 13.0. The minimum atomic E-state index is -3.52. The van der Waals surface area contributed by atoms with E-state index < -0.39 is 10.0 Å². The average molecular weight is 415 g/mol. The number of hydrogen-bond acceptors (Lipinski definition) is 4. The average Bonchev–Trinajstić information content (AvgIpc) is 3.22. The number of hydrogen-bond donors (Lipinski definition) is 0. The minimum absolute atomic E-state index is 0.00416. The van der Waals surface area contributed by atoms with Gasteiger partial charge < -0.3 is 9.64 Å². The smallest absolute Gasteiger partial charge is 0.243 e. The highest BCUT2D eigenvalue weighted by molar-refractivity contribution is 7.89. The lowest BCUT2D eigenvalue weighted by molar-refractivity contribution is -0.132. The first-order chi connectivity index (χ1) is 14.0. The van der Waals surface area contributed by atoms with Gasteiger partial charge in [0.25, 0.3) is 0 Å². The number of carbonyl (C=O) groups excluding carboxylic acids is 1. The molecule has 2 aromatic rings. The van der Waals surface area contributed by atoms with Gasteiger partial charge >= 0.3 is 0 Å². The van der Waals surface area contributed by atoms with Gasteiger partial charge in [0.1, 0.15) is 5.75 Å². The second-order valence-electron chi connectivity index (χ2n) is 7.48. The van der Waals surface area contributed by atoms with E-state index in [4.69, 9.17) is 4.74 Å². The molecule has 1 fully saturated rings. The third-order valence-corrected chi connectivity index (χ3v) is 7.52. The van der Waals surface area contributed by atoms with Crippen LogP contribution in [0.5, 0.6) is 5.75 Å². The van der Waals surface area contributed by atoms with Crippen molar-refractivity contribution >= 4 is 15.9 Å². The zero-order chi connectivity index (χ0) is 20.3. The molecule has 0 bridgehead atoms. The Labute approximate surface area is 172 Å². The van der Waals surface area contributed by atoms with E-state index in [0.29, 0.717) is 37.7 Å². The number of para-hydroxylation sites is 1. The summed E-state index contributed by atoms with van der Waals surface area (Å²) in [6.45, 7) is 1.79. The van der Waals surface area contributed by atoms with Gasteiger partial charge in [0.05, 0.1) is 17.9 Å². The Balaban J connectivity index is 1.30. The van der Waals surface area contributed by atoms with Crippen molar-refractivity contribution in [3.8, 4) is 5.75 Å². The standard InChI is InChI=1S/C22H26N2O4S/c25-22(11-16-28-20-7-2-1-3-8-20)23-12-14-24(15-13-23)29(26,27)21-10-9-18-5-4-6-19(18)17-21/h1-3,7-10,17H,4-6,11-16H2. The molecule has 0 atom stereocenters. The molecule has 1 heterocycles. The van der Waals surface area contributed by atoms with Crippen LogP contribution in [0.15, 0.2) is 53.4 Å². The molecular weight excluding hydrogens is 388 g/mol. The molecule has 1 aliphatic carbocycles. The zero-order valence-corrected chi connectivity index (χ0v) is 17.2. The van der Waals surface area contributed by atoms with Crippen molar-refractivity contribution in [2.45, 2.75) is 30.6 Å². The number of piperazine rings is 1. The lowest BCUT2D eigenvalue weighted by Crippen LogP contribution is -2.50. The number of sulfonamides is 1. The molecule has 154 valence electrons. The number of rotatable bonds is 6. The molecule has 29 heavy (non-hydrogen) atoms. The van der Waals surface area contributed by atoms with Crippen LogP contribution in [0.3, 0.4) is 0 Å². The Morgan fingerprint density at radius 2 is 1.66 bits per heavy atom. The second-order valence-corrected chi connectivity index (χ2v) is 9.42. The lowest BCUT2D eigenvalue weighted by atomic mass is 10.1. The quantitative estimate of drug-likeness (QED) is 0.728. The Morgan fingerprint density at radius 1 is 0.931 bits per heavy atom. The van der Waals surface area contributed by atoms with Gasteiger partial charge in [-0.1, -0.05) is 24.3 Å². The normalized spacial score (nSPS) is 17.2. The fraction of sp³-hybridized carbons (Fsp3) is 0.409. The summed E-state index contributed by atoms with van der Waals surface area (Å²) in [4.78, 5) is 14.5. The number of nitrogens with zero attached hydrogens (tertiary/aromatic N) is 2. The van der Waals surface area contributed by atoms with E-state index in [1.54, 1.807) is 11.0 Å². The molecule has 6 nitrogen and oxygen atoms in total.